The summed E-state index contributed by atoms with van der Waals surface area (Å²) in [6.07, 6.45) is 3.28. The van der Waals surface area contributed by atoms with Gasteiger partial charge in [0.25, 0.3) is 0 Å². The molecule has 0 aromatic carbocycles. The molecule has 0 N–H and O–H groups in total. The summed E-state index contributed by atoms with van der Waals surface area (Å²) in [6, 6.07) is 0. The molecule has 0 aromatic rings. The normalized spacial score (nSPS) is 7.00. The van der Waals surface area contributed by atoms with Gasteiger partial charge in [-0.3, -0.25) is 4.21 Å². The fourth-order valence-corrected chi connectivity index (χ4v) is 0. The molecule has 5 heavy (non-hydrogen) atoms. The minimum absolute atomic E-state index is 0. The Morgan fingerprint density at radius 1 is 1.40 bits per heavy atom. The molecule has 0 heterocycles. The average Bonchev–Trinajstić information content (AvgIpc) is 0.811. The molecule has 0 saturated heterocycles. The molecule has 0 aliphatic heterocycles. The van der Waals surface area contributed by atoms with Crippen molar-refractivity contribution in [3.05, 3.63) is 0 Å². The van der Waals surface area contributed by atoms with Gasteiger partial charge in [0.15, 0.2) is 0 Å². The molecule has 0 aliphatic carbocycles. The molecule has 0 fully saturated rings. The Balaban J connectivity index is 0. The summed E-state index contributed by atoms with van der Waals surface area (Å²) in [6.45, 7) is 0. The van der Waals surface area contributed by atoms with E-state index in [1.807, 2.05) is 0 Å². The van der Waals surface area contributed by atoms with Gasteiger partial charge in [-0.05, 0) is 0 Å². The van der Waals surface area contributed by atoms with Crippen LogP contribution in [0.15, 0.2) is 0 Å². The topological polar surface area (TPSA) is 17.1 Å². The third-order valence-corrected chi connectivity index (χ3v) is 0. The van der Waals surface area contributed by atoms with Crippen LogP contribution in [0.4, 0.5) is 0 Å². The third kappa shape index (κ3) is 61.4. The van der Waals surface area contributed by atoms with Crippen molar-refractivity contribution in [3.63, 3.8) is 0 Å². The van der Waals surface area contributed by atoms with Crippen LogP contribution in [0, 0.1) is 0 Å². The second-order valence-corrected chi connectivity index (χ2v) is 2.22. The van der Waals surface area contributed by atoms with Crippen molar-refractivity contribution in [1.29, 1.82) is 0 Å². The minimum atomic E-state index is -0.611. The Hall–Kier alpha value is 0.773. The van der Waals surface area contributed by atoms with E-state index in [9.17, 15) is 4.21 Å². The van der Waals surface area contributed by atoms with E-state index in [0.717, 1.165) is 0 Å². The maximum Gasteiger partial charge on any atom is 2.00 e. The van der Waals surface area contributed by atoms with E-state index in [1.54, 1.807) is 12.5 Å². The van der Waals surface area contributed by atoms with Crippen molar-refractivity contribution >= 4 is 10.8 Å². The van der Waals surface area contributed by atoms with Crippen molar-refractivity contribution < 1.29 is 23.7 Å². The van der Waals surface area contributed by atoms with E-state index in [-0.39, 0.29) is 19.5 Å². The summed E-state index contributed by atoms with van der Waals surface area (Å²) in [4.78, 5) is 0. The molecule has 0 spiro atoms. The summed E-state index contributed by atoms with van der Waals surface area (Å²) in [5.74, 6) is 0. The minimum Gasteiger partial charge on any atom is -0.260 e. The SMILES string of the molecule is CS(C)=O.[Ru+2]. The summed E-state index contributed by atoms with van der Waals surface area (Å²) < 4.78 is 9.56. The molecule has 1 nitrogen and oxygen atoms in total. The van der Waals surface area contributed by atoms with Crippen molar-refractivity contribution in [2.45, 2.75) is 0 Å². The van der Waals surface area contributed by atoms with Crippen LogP contribution in [-0.2, 0) is 30.3 Å². The Labute approximate surface area is 47.4 Å². The molecule has 0 bridgehead atoms. The van der Waals surface area contributed by atoms with Gasteiger partial charge in [-0.15, -0.1) is 0 Å². The summed E-state index contributed by atoms with van der Waals surface area (Å²) in [5.41, 5.74) is 0. The van der Waals surface area contributed by atoms with Crippen LogP contribution in [-0.4, -0.2) is 16.7 Å². The molecule has 0 rings (SSSR count). The molecule has 32 valence electrons. The summed E-state index contributed by atoms with van der Waals surface area (Å²) in [5, 5.41) is 0. The smallest absolute Gasteiger partial charge is 0.260 e. The first-order valence-electron chi connectivity index (χ1n) is 0.983. The first kappa shape index (κ1) is 9.24. The first-order valence-corrected chi connectivity index (χ1v) is 2.95. The van der Waals surface area contributed by atoms with Gasteiger partial charge in [-0.25, -0.2) is 0 Å². The van der Waals surface area contributed by atoms with Crippen LogP contribution in [0.3, 0.4) is 0 Å². The van der Waals surface area contributed by atoms with Gasteiger partial charge in [0.2, 0.25) is 0 Å². The van der Waals surface area contributed by atoms with E-state index in [2.05, 4.69) is 0 Å². The molecular weight excluding hydrogens is 173 g/mol. The second-order valence-electron chi connectivity index (χ2n) is 0.742. The summed E-state index contributed by atoms with van der Waals surface area (Å²) >= 11 is 0. The van der Waals surface area contributed by atoms with Gasteiger partial charge in [0.05, 0.1) is 0 Å². The Kier molecular flexibility index (Phi) is 8.82. The Morgan fingerprint density at radius 3 is 1.40 bits per heavy atom. The number of hydrogen-bond acceptors (Lipinski definition) is 1. The zero-order chi connectivity index (χ0) is 3.58. The Morgan fingerprint density at radius 2 is 1.40 bits per heavy atom. The molecule has 0 atom stereocenters. The largest absolute Gasteiger partial charge is 2.00 e. The average molecular weight is 179 g/mol. The van der Waals surface area contributed by atoms with Crippen LogP contribution >= 0.6 is 0 Å². The fraction of sp³-hybridized carbons (Fsp3) is 1.00. The number of hydrogen-bond donors (Lipinski definition) is 0. The quantitative estimate of drug-likeness (QED) is 0.478. The second kappa shape index (κ2) is 4.77. The third-order valence-electron chi connectivity index (χ3n) is 0. The van der Waals surface area contributed by atoms with E-state index < -0.39 is 10.8 Å². The van der Waals surface area contributed by atoms with Crippen molar-refractivity contribution in [1.82, 2.24) is 0 Å². The van der Waals surface area contributed by atoms with Gasteiger partial charge >= 0.3 is 19.5 Å². The van der Waals surface area contributed by atoms with E-state index in [0.29, 0.717) is 0 Å². The molecule has 0 amide bonds. The van der Waals surface area contributed by atoms with Crippen molar-refractivity contribution in [2.24, 2.45) is 0 Å². The Bertz CT molecular complexity index is 32.6. The van der Waals surface area contributed by atoms with Crippen LogP contribution in [0.5, 0.6) is 0 Å². The van der Waals surface area contributed by atoms with Crippen LogP contribution in [0.1, 0.15) is 0 Å². The van der Waals surface area contributed by atoms with Gasteiger partial charge in [0, 0.05) is 23.3 Å². The van der Waals surface area contributed by atoms with Gasteiger partial charge in [-0.1, -0.05) is 0 Å². The molecule has 0 aromatic heterocycles. The standard InChI is InChI=1S/C2H6OS.Ru/c1-4(2)3;/h1-2H3;/q;+2. The van der Waals surface area contributed by atoms with Crippen LogP contribution < -0.4 is 0 Å². The van der Waals surface area contributed by atoms with E-state index in [1.165, 1.54) is 0 Å². The van der Waals surface area contributed by atoms with Crippen molar-refractivity contribution in [2.75, 3.05) is 12.5 Å². The zero-order valence-electron chi connectivity index (χ0n) is 3.17. The van der Waals surface area contributed by atoms with Gasteiger partial charge < -0.3 is 0 Å². The molecule has 0 unspecified atom stereocenters. The predicted octanol–water partition coefficient (Wildman–Crippen LogP) is -0.00780. The number of rotatable bonds is 0. The molecule has 3 heteroatoms. The molecule has 0 saturated carbocycles. The predicted molar refractivity (Wildman–Crippen MR) is 20.0 cm³/mol. The first-order chi connectivity index (χ1) is 1.73. The van der Waals surface area contributed by atoms with Crippen molar-refractivity contribution in [3.8, 4) is 0 Å². The van der Waals surface area contributed by atoms with E-state index in [4.69, 9.17) is 0 Å². The summed E-state index contributed by atoms with van der Waals surface area (Å²) in [7, 11) is -0.611. The molecular formula is C2H6ORuS+2. The maximum absolute atomic E-state index is 9.56. The van der Waals surface area contributed by atoms with Crippen LogP contribution in [0.25, 0.3) is 0 Å². The monoisotopic (exact) mass is 180 g/mol. The van der Waals surface area contributed by atoms with E-state index >= 15 is 0 Å². The zero-order valence-corrected chi connectivity index (χ0v) is 5.72. The van der Waals surface area contributed by atoms with Crippen LogP contribution in [0.2, 0.25) is 0 Å². The van der Waals surface area contributed by atoms with Gasteiger partial charge in [-0.2, -0.15) is 0 Å². The maximum atomic E-state index is 9.56. The fourth-order valence-electron chi connectivity index (χ4n) is 0. The molecule has 0 radical (unpaired) electrons. The van der Waals surface area contributed by atoms with Gasteiger partial charge in [0.1, 0.15) is 0 Å². The molecule has 0 aliphatic rings.